The Labute approximate surface area is 143 Å². The van der Waals surface area contributed by atoms with E-state index in [9.17, 15) is 19.2 Å². The van der Waals surface area contributed by atoms with Gasteiger partial charge >= 0.3 is 11.9 Å². The van der Waals surface area contributed by atoms with Crippen LogP contribution in [0.25, 0.3) is 0 Å². The molecule has 0 spiro atoms. The molecule has 1 atom stereocenters. The Morgan fingerprint density at radius 1 is 1.24 bits per heavy atom. The van der Waals surface area contributed by atoms with Crippen molar-refractivity contribution in [1.29, 1.82) is 0 Å². The molecule has 0 saturated carbocycles. The molecule has 0 unspecified atom stereocenters. The van der Waals surface area contributed by atoms with Crippen molar-refractivity contribution in [3.63, 3.8) is 0 Å². The van der Waals surface area contributed by atoms with E-state index >= 15 is 0 Å². The molecule has 132 valence electrons. The molecule has 0 N–H and O–H groups in total. The summed E-state index contributed by atoms with van der Waals surface area (Å²) in [5, 5.41) is 0. The molecule has 25 heavy (non-hydrogen) atoms. The standard InChI is InChI=1S/C17H17NO7/c1-23-7-2-6-18-14(19)11-4-3-10(9-12(11)15(18)20)16(21)25-13-5-8-24-17(13)22/h3-4,9,13H,2,5-8H2,1H3/t13-/m0/s1. The third kappa shape index (κ3) is 3.25. The van der Waals surface area contributed by atoms with Gasteiger partial charge in [0.2, 0.25) is 6.10 Å². The SMILES string of the molecule is COCCCN1C(=O)c2ccc(C(=O)O[C@H]3CCOC3=O)cc2C1=O. The lowest BCUT2D eigenvalue weighted by Crippen LogP contribution is -2.31. The normalized spacial score (nSPS) is 19.2. The maximum absolute atomic E-state index is 12.4. The number of benzene rings is 1. The summed E-state index contributed by atoms with van der Waals surface area (Å²) >= 11 is 0. The summed E-state index contributed by atoms with van der Waals surface area (Å²) in [7, 11) is 1.54. The Balaban J connectivity index is 1.75. The number of methoxy groups -OCH3 is 1. The quantitative estimate of drug-likeness (QED) is 0.426. The number of amides is 2. The number of ether oxygens (including phenoxy) is 3. The van der Waals surface area contributed by atoms with Crippen molar-refractivity contribution in [2.45, 2.75) is 18.9 Å². The average Bonchev–Trinajstić information content (AvgIpc) is 3.11. The smallest absolute Gasteiger partial charge is 0.347 e. The van der Waals surface area contributed by atoms with E-state index in [2.05, 4.69) is 0 Å². The van der Waals surface area contributed by atoms with Gasteiger partial charge in [-0.1, -0.05) is 0 Å². The molecule has 0 radical (unpaired) electrons. The number of fused-ring (bicyclic) bond motifs is 1. The Bertz CT molecular complexity index is 743. The average molecular weight is 347 g/mol. The summed E-state index contributed by atoms with van der Waals surface area (Å²) in [5.74, 6) is -2.16. The van der Waals surface area contributed by atoms with Gasteiger partial charge in [-0.3, -0.25) is 14.5 Å². The number of rotatable bonds is 6. The van der Waals surface area contributed by atoms with Crippen molar-refractivity contribution >= 4 is 23.8 Å². The maximum Gasteiger partial charge on any atom is 0.347 e. The lowest BCUT2D eigenvalue weighted by molar-refractivity contribution is -0.145. The van der Waals surface area contributed by atoms with E-state index in [1.165, 1.54) is 18.2 Å². The van der Waals surface area contributed by atoms with Crippen molar-refractivity contribution in [2.75, 3.05) is 26.9 Å². The molecule has 2 aliphatic heterocycles. The Hall–Kier alpha value is -2.74. The zero-order valence-electron chi connectivity index (χ0n) is 13.6. The molecule has 1 aromatic carbocycles. The van der Waals surface area contributed by atoms with Gasteiger partial charge in [0.1, 0.15) is 0 Å². The first kappa shape index (κ1) is 17.1. The lowest BCUT2D eigenvalue weighted by atomic mass is 10.1. The van der Waals surface area contributed by atoms with E-state index in [1.54, 1.807) is 7.11 Å². The van der Waals surface area contributed by atoms with E-state index in [1.807, 2.05) is 0 Å². The highest BCUT2D eigenvalue weighted by molar-refractivity contribution is 6.22. The summed E-state index contributed by atoms with van der Waals surface area (Å²) in [6.45, 7) is 0.890. The molecule has 3 rings (SSSR count). The van der Waals surface area contributed by atoms with E-state index in [0.717, 1.165) is 4.90 Å². The number of carbonyl (C=O) groups excluding carboxylic acids is 4. The largest absolute Gasteiger partial charge is 0.463 e. The van der Waals surface area contributed by atoms with Crippen LogP contribution in [0.4, 0.5) is 0 Å². The molecule has 1 saturated heterocycles. The minimum absolute atomic E-state index is 0.110. The maximum atomic E-state index is 12.4. The first-order valence-electron chi connectivity index (χ1n) is 7.89. The molecule has 8 nitrogen and oxygen atoms in total. The van der Waals surface area contributed by atoms with Gasteiger partial charge in [0, 0.05) is 26.7 Å². The van der Waals surface area contributed by atoms with Crippen LogP contribution in [-0.2, 0) is 19.0 Å². The zero-order valence-corrected chi connectivity index (χ0v) is 13.6. The fraction of sp³-hybridized carbons (Fsp3) is 0.412. The zero-order chi connectivity index (χ0) is 18.0. The Kier molecular flexibility index (Phi) is 4.80. The van der Waals surface area contributed by atoms with E-state index in [0.29, 0.717) is 19.4 Å². The fourth-order valence-corrected chi connectivity index (χ4v) is 2.77. The summed E-state index contributed by atoms with van der Waals surface area (Å²) in [4.78, 5) is 49.4. The van der Waals surface area contributed by atoms with Crippen molar-refractivity contribution < 1.29 is 33.4 Å². The van der Waals surface area contributed by atoms with Gasteiger partial charge in [0.05, 0.1) is 23.3 Å². The first-order chi connectivity index (χ1) is 12.0. The van der Waals surface area contributed by atoms with Crippen LogP contribution in [0, 0.1) is 0 Å². The van der Waals surface area contributed by atoms with Gasteiger partial charge in [-0.25, -0.2) is 9.59 Å². The lowest BCUT2D eigenvalue weighted by Gasteiger charge is -2.12. The van der Waals surface area contributed by atoms with E-state index in [-0.39, 0.29) is 29.8 Å². The molecule has 1 fully saturated rings. The first-order valence-corrected chi connectivity index (χ1v) is 7.89. The van der Waals surface area contributed by atoms with Gasteiger partial charge < -0.3 is 14.2 Å². The van der Waals surface area contributed by atoms with Gasteiger partial charge in [-0.2, -0.15) is 0 Å². The number of nitrogens with zero attached hydrogens (tertiary/aromatic N) is 1. The number of carbonyl (C=O) groups is 4. The minimum Gasteiger partial charge on any atom is -0.463 e. The Morgan fingerprint density at radius 2 is 2.00 bits per heavy atom. The van der Waals surface area contributed by atoms with Crippen LogP contribution in [0.5, 0.6) is 0 Å². The summed E-state index contributed by atoms with van der Waals surface area (Å²) in [6, 6.07) is 4.16. The Morgan fingerprint density at radius 3 is 2.68 bits per heavy atom. The third-order valence-corrected chi connectivity index (χ3v) is 4.07. The predicted molar refractivity (Wildman–Crippen MR) is 83.1 cm³/mol. The number of hydrogen-bond acceptors (Lipinski definition) is 7. The van der Waals surface area contributed by atoms with Crippen LogP contribution < -0.4 is 0 Å². The predicted octanol–water partition coefficient (Wildman–Crippen LogP) is 0.791. The summed E-state index contributed by atoms with van der Waals surface area (Å²) in [6.07, 6.45) is -0.0930. The van der Waals surface area contributed by atoms with Crippen molar-refractivity contribution in [3.8, 4) is 0 Å². The monoisotopic (exact) mass is 347 g/mol. The second kappa shape index (κ2) is 7.02. The third-order valence-electron chi connectivity index (χ3n) is 4.07. The highest BCUT2D eigenvalue weighted by atomic mass is 16.6. The molecule has 0 aliphatic carbocycles. The molecule has 8 heteroatoms. The number of esters is 2. The molecular formula is C17H17NO7. The van der Waals surface area contributed by atoms with Gasteiger partial charge in [0.15, 0.2) is 0 Å². The van der Waals surface area contributed by atoms with Crippen molar-refractivity contribution in [3.05, 3.63) is 34.9 Å². The molecular weight excluding hydrogens is 330 g/mol. The van der Waals surface area contributed by atoms with E-state index in [4.69, 9.17) is 14.2 Å². The molecule has 2 heterocycles. The van der Waals surface area contributed by atoms with Crippen LogP contribution in [-0.4, -0.2) is 61.6 Å². The van der Waals surface area contributed by atoms with Gasteiger partial charge in [0.25, 0.3) is 11.8 Å². The fourth-order valence-electron chi connectivity index (χ4n) is 2.77. The van der Waals surface area contributed by atoms with Crippen LogP contribution >= 0.6 is 0 Å². The number of hydrogen-bond donors (Lipinski definition) is 0. The molecule has 2 amide bonds. The number of cyclic esters (lactones) is 1. The molecule has 1 aromatic rings. The van der Waals surface area contributed by atoms with Gasteiger partial charge in [-0.05, 0) is 24.6 Å². The molecule has 0 bridgehead atoms. The highest BCUT2D eigenvalue weighted by Gasteiger charge is 2.36. The van der Waals surface area contributed by atoms with Crippen LogP contribution in [0.3, 0.4) is 0 Å². The molecule has 0 aromatic heterocycles. The van der Waals surface area contributed by atoms with Gasteiger partial charge in [-0.15, -0.1) is 0 Å². The highest BCUT2D eigenvalue weighted by Crippen LogP contribution is 2.25. The second-order valence-electron chi connectivity index (χ2n) is 5.72. The van der Waals surface area contributed by atoms with Crippen molar-refractivity contribution in [1.82, 2.24) is 4.90 Å². The minimum atomic E-state index is -0.927. The van der Waals surface area contributed by atoms with Crippen LogP contribution in [0.15, 0.2) is 18.2 Å². The summed E-state index contributed by atoms with van der Waals surface area (Å²) in [5.41, 5.74) is 0.517. The van der Waals surface area contributed by atoms with Crippen LogP contribution in [0.1, 0.15) is 43.9 Å². The van der Waals surface area contributed by atoms with Crippen molar-refractivity contribution in [2.24, 2.45) is 0 Å². The number of imide groups is 1. The van der Waals surface area contributed by atoms with E-state index < -0.39 is 29.9 Å². The molecule has 2 aliphatic rings. The summed E-state index contributed by atoms with van der Waals surface area (Å²) < 4.78 is 14.8. The second-order valence-corrected chi connectivity index (χ2v) is 5.72. The topological polar surface area (TPSA) is 99.2 Å². The van der Waals surface area contributed by atoms with Crippen LogP contribution in [0.2, 0.25) is 0 Å².